The summed E-state index contributed by atoms with van der Waals surface area (Å²) in [7, 11) is 1.72. The lowest BCUT2D eigenvalue weighted by atomic mass is 9.87. The zero-order valence-corrected chi connectivity index (χ0v) is 10.7. The minimum Gasteiger partial charge on any atom is -0.430 e. The summed E-state index contributed by atoms with van der Waals surface area (Å²) >= 11 is 1.46. The molecular weight excluding hydrogens is 245 g/mol. The molecule has 1 aliphatic heterocycles. The summed E-state index contributed by atoms with van der Waals surface area (Å²) in [6.45, 7) is 2.56. The number of thiophene rings is 1. The van der Waals surface area contributed by atoms with Crippen molar-refractivity contribution in [3.05, 3.63) is 45.6 Å². The average molecular weight is 256 g/mol. The van der Waals surface area contributed by atoms with Crippen LogP contribution in [0.4, 0.5) is 5.69 Å². The van der Waals surface area contributed by atoms with Crippen LogP contribution in [0.3, 0.4) is 0 Å². The van der Waals surface area contributed by atoms with Crippen LogP contribution < -0.4 is 10.8 Å². The molecule has 0 fully saturated rings. The lowest BCUT2D eigenvalue weighted by Gasteiger charge is -2.06. The summed E-state index contributed by atoms with van der Waals surface area (Å²) in [5.74, 6) is -0.0543. The van der Waals surface area contributed by atoms with Crippen LogP contribution >= 0.6 is 11.3 Å². The van der Waals surface area contributed by atoms with Gasteiger partial charge in [-0.05, 0) is 47.1 Å². The SMILES string of the molecule is Cc1ccsc1C(=O)Nc1ccc2c(c1)[B]OC2. The fraction of sp³-hybridized carbons (Fsp3) is 0.154. The molecule has 89 valence electrons. The van der Waals surface area contributed by atoms with Gasteiger partial charge in [-0.1, -0.05) is 6.07 Å². The van der Waals surface area contributed by atoms with Gasteiger partial charge in [0.2, 0.25) is 0 Å². The number of carbonyl (C=O) groups is 1. The first-order valence-electron chi connectivity index (χ1n) is 5.67. The molecule has 1 N–H and O–H groups in total. The number of anilines is 1. The zero-order chi connectivity index (χ0) is 12.5. The Morgan fingerprint density at radius 3 is 3.11 bits per heavy atom. The summed E-state index contributed by atoms with van der Waals surface area (Å²) in [5.41, 5.74) is 4.00. The highest BCUT2D eigenvalue weighted by atomic mass is 32.1. The van der Waals surface area contributed by atoms with E-state index in [1.165, 1.54) is 11.3 Å². The molecule has 1 aliphatic rings. The van der Waals surface area contributed by atoms with Gasteiger partial charge in [0.25, 0.3) is 5.91 Å². The Labute approximate surface area is 110 Å². The first-order chi connectivity index (χ1) is 8.74. The maximum Gasteiger partial charge on any atom is 0.330 e. The van der Waals surface area contributed by atoms with E-state index in [2.05, 4.69) is 5.32 Å². The van der Waals surface area contributed by atoms with Crippen LogP contribution in [0, 0.1) is 6.92 Å². The van der Waals surface area contributed by atoms with Crippen LogP contribution in [0.2, 0.25) is 0 Å². The van der Waals surface area contributed by atoms with Crippen molar-refractivity contribution >= 4 is 35.9 Å². The predicted octanol–water partition coefficient (Wildman–Crippen LogP) is 2.08. The van der Waals surface area contributed by atoms with Gasteiger partial charge in [-0.15, -0.1) is 11.3 Å². The molecule has 5 heteroatoms. The molecule has 2 aromatic rings. The first-order valence-corrected chi connectivity index (χ1v) is 6.55. The molecule has 1 amide bonds. The third-order valence-corrected chi connectivity index (χ3v) is 3.94. The third-order valence-electron chi connectivity index (χ3n) is 2.92. The van der Waals surface area contributed by atoms with Crippen molar-refractivity contribution in [3.63, 3.8) is 0 Å². The van der Waals surface area contributed by atoms with Crippen molar-refractivity contribution < 1.29 is 9.45 Å². The number of amides is 1. The van der Waals surface area contributed by atoms with Gasteiger partial charge in [0, 0.05) is 5.69 Å². The number of hydrogen-bond acceptors (Lipinski definition) is 3. The quantitative estimate of drug-likeness (QED) is 0.835. The van der Waals surface area contributed by atoms with Crippen LogP contribution in [0.1, 0.15) is 20.8 Å². The van der Waals surface area contributed by atoms with E-state index in [0.717, 1.165) is 27.2 Å². The van der Waals surface area contributed by atoms with Gasteiger partial charge in [0.1, 0.15) is 0 Å². The highest BCUT2D eigenvalue weighted by Crippen LogP contribution is 2.18. The van der Waals surface area contributed by atoms with E-state index in [1.807, 2.05) is 36.6 Å². The normalized spacial score (nSPS) is 12.9. The summed E-state index contributed by atoms with van der Waals surface area (Å²) in [4.78, 5) is 12.8. The molecule has 0 bridgehead atoms. The lowest BCUT2D eigenvalue weighted by molar-refractivity contribution is 0.103. The van der Waals surface area contributed by atoms with Crippen LogP contribution in [0.25, 0.3) is 0 Å². The number of hydrogen-bond donors (Lipinski definition) is 1. The molecule has 0 saturated carbocycles. The Bertz CT molecular complexity index is 609. The molecule has 18 heavy (non-hydrogen) atoms. The number of rotatable bonds is 2. The maximum atomic E-state index is 12.1. The highest BCUT2D eigenvalue weighted by molar-refractivity contribution is 7.12. The van der Waals surface area contributed by atoms with Crippen LogP contribution in [-0.2, 0) is 11.3 Å². The molecule has 0 unspecified atom stereocenters. The van der Waals surface area contributed by atoms with Gasteiger partial charge in [0.05, 0.1) is 11.5 Å². The summed E-state index contributed by atoms with van der Waals surface area (Å²) in [6, 6.07) is 7.77. The molecule has 1 aromatic heterocycles. The fourth-order valence-electron chi connectivity index (χ4n) is 1.93. The van der Waals surface area contributed by atoms with Gasteiger partial charge in [-0.3, -0.25) is 4.79 Å². The largest absolute Gasteiger partial charge is 0.430 e. The lowest BCUT2D eigenvalue weighted by Crippen LogP contribution is -2.16. The Kier molecular flexibility index (Phi) is 2.93. The third kappa shape index (κ3) is 2.07. The second-order valence-electron chi connectivity index (χ2n) is 4.23. The molecule has 2 heterocycles. The number of benzene rings is 1. The van der Waals surface area contributed by atoms with Gasteiger partial charge in [0.15, 0.2) is 0 Å². The van der Waals surface area contributed by atoms with Crippen LogP contribution in [0.15, 0.2) is 29.6 Å². The van der Waals surface area contributed by atoms with E-state index in [0.29, 0.717) is 6.61 Å². The summed E-state index contributed by atoms with van der Waals surface area (Å²) in [6.07, 6.45) is 0. The average Bonchev–Trinajstić information content (AvgIpc) is 2.96. The number of nitrogens with one attached hydrogen (secondary N) is 1. The minimum absolute atomic E-state index is 0.0543. The van der Waals surface area contributed by atoms with Crippen molar-refractivity contribution in [2.24, 2.45) is 0 Å². The molecular formula is C13H11BNO2S. The maximum absolute atomic E-state index is 12.1. The molecule has 3 nitrogen and oxygen atoms in total. The molecule has 0 aliphatic carbocycles. The van der Waals surface area contributed by atoms with Gasteiger partial charge < -0.3 is 9.97 Å². The smallest absolute Gasteiger partial charge is 0.330 e. The topological polar surface area (TPSA) is 38.3 Å². The van der Waals surface area contributed by atoms with E-state index in [-0.39, 0.29) is 5.91 Å². The summed E-state index contributed by atoms with van der Waals surface area (Å²) < 4.78 is 5.23. The Morgan fingerprint density at radius 1 is 1.44 bits per heavy atom. The fourth-order valence-corrected chi connectivity index (χ4v) is 2.75. The van der Waals surface area contributed by atoms with Crippen molar-refractivity contribution in [2.75, 3.05) is 5.32 Å². The van der Waals surface area contributed by atoms with Crippen LogP contribution in [0.5, 0.6) is 0 Å². The molecule has 1 radical (unpaired) electrons. The van der Waals surface area contributed by atoms with E-state index in [1.54, 1.807) is 7.48 Å². The second-order valence-corrected chi connectivity index (χ2v) is 5.15. The number of aryl methyl sites for hydroxylation is 1. The summed E-state index contributed by atoms with van der Waals surface area (Å²) in [5, 5.41) is 4.84. The molecule has 3 rings (SSSR count). The van der Waals surface area contributed by atoms with Crippen molar-refractivity contribution in [3.8, 4) is 0 Å². The standard InChI is InChI=1S/C13H11BNO2S/c1-8-4-5-18-12(8)13(16)15-10-3-2-9-7-17-14-11(9)6-10/h2-6H,7H2,1H3,(H,15,16). The predicted molar refractivity (Wildman–Crippen MR) is 73.6 cm³/mol. The number of fused-ring (bicyclic) bond motifs is 1. The van der Waals surface area contributed by atoms with Gasteiger partial charge in [-0.2, -0.15) is 0 Å². The zero-order valence-electron chi connectivity index (χ0n) is 9.90. The highest BCUT2D eigenvalue weighted by Gasteiger charge is 2.15. The molecule has 0 atom stereocenters. The Morgan fingerprint density at radius 2 is 2.33 bits per heavy atom. The monoisotopic (exact) mass is 256 g/mol. The van der Waals surface area contributed by atoms with E-state index < -0.39 is 0 Å². The van der Waals surface area contributed by atoms with Crippen molar-refractivity contribution in [2.45, 2.75) is 13.5 Å². The van der Waals surface area contributed by atoms with E-state index in [9.17, 15) is 4.79 Å². The van der Waals surface area contributed by atoms with Crippen molar-refractivity contribution in [1.29, 1.82) is 0 Å². The van der Waals surface area contributed by atoms with Gasteiger partial charge in [-0.25, -0.2) is 0 Å². The van der Waals surface area contributed by atoms with Crippen molar-refractivity contribution in [1.82, 2.24) is 0 Å². The van der Waals surface area contributed by atoms with E-state index >= 15 is 0 Å². The van der Waals surface area contributed by atoms with Crippen LogP contribution in [-0.4, -0.2) is 13.4 Å². The van der Waals surface area contributed by atoms with E-state index in [4.69, 9.17) is 4.65 Å². The molecule has 0 saturated heterocycles. The Hall–Kier alpha value is -1.59. The second kappa shape index (κ2) is 4.59. The minimum atomic E-state index is -0.0543. The molecule has 0 spiro atoms. The van der Waals surface area contributed by atoms with Gasteiger partial charge >= 0.3 is 7.48 Å². The Balaban J connectivity index is 1.81. The number of carbonyl (C=O) groups excluding carboxylic acids is 1. The first kappa shape index (κ1) is 11.5. The molecule has 1 aromatic carbocycles.